The van der Waals surface area contributed by atoms with Gasteiger partial charge in [-0.15, -0.1) is 24.0 Å². The molecular weight excluding hydrogens is 417 g/mol. The maximum atomic E-state index is 4.64. The first-order valence-electron chi connectivity index (χ1n) is 8.68. The van der Waals surface area contributed by atoms with Gasteiger partial charge in [-0.05, 0) is 25.7 Å². The van der Waals surface area contributed by atoms with Crippen molar-refractivity contribution in [2.45, 2.75) is 46.2 Å². The van der Waals surface area contributed by atoms with Crippen molar-refractivity contribution in [2.24, 2.45) is 18.0 Å². The summed E-state index contributed by atoms with van der Waals surface area (Å²) in [4.78, 5) is 11.4. The predicted octanol–water partition coefficient (Wildman–Crippen LogP) is 1.61. The van der Waals surface area contributed by atoms with E-state index in [1.165, 1.54) is 32.5 Å². The second-order valence-electron chi connectivity index (χ2n) is 6.61. The summed E-state index contributed by atoms with van der Waals surface area (Å²) in [5.74, 6) is 2.48. The Bertz CT molecular complexity index is 492. The molecule has 24 heavy (non-hydrogen) atoms. The van der Waals surface area contributed by atoms with Crippen LogP contribution in [0.3, 0.4) is 0 Å². The highest BCUT2D eigenvalue weighted by molar-refractivity contribution is 14.0. The van der Waals surface area contributed by atoms with Gasteiger partial charge in [0.25, 0.3) is 0 Å². The number of aryl methyl sites for hydroxylation is 1. The second kappa shape index (κ2) is 10.9. The Balaban J connectivity index is 0.00000288. The number of halogens is 1. The fraction of sp³-hybridized carbons (Fsp3) is 0.812. The van der Waals surface area contributed by atoms with Gasteiger partial charge in [0.05, 0.1) is 0 Å². The van der Waals surface area contributed by atoms with Gasteiger partial charge in [0.2, 0.25) is 0 Å². The van der Waals surface area contributed by atoms with Gasteiger partial charge < -0.3 is 15.5 Å². The van der Waals surface area contributed by atoms with Crippen molar-refractivity contribution in [3.63, 3.8) is 0 Å². The third kappa shape index (κ3) is 6.92. The summed E-state index contributed by atoms with van der Waals surface area (Å²) < 4.78 is 1.76. The topological polar surface area (TPSA) is 70.4 Å². The molecule has 7 nitrogen and oxygen atoms in total. The SMILES string of the molecule is CCNC(=NCc1ncnn1C)NC1CCN(CC(C)C)CC1.I. The first-order chi connectivity index (χ1) is 11.1. The highest BCUT2D eigenvalue weighted by atomic mass is 127. The van der Waals surface area contributed by atoms with Crippen LogP contribution in [0.25, 0.3) is 0 Å². The molecule has 1 saturated heterocycles. The van der Waals surface area contributed by atoms with E-state index in [0.29, 0.717) is 12.6 Å². The van der Waals surface area contributed by atoms with Crippen LogP contribution in [0, 0.1) is 5.92 Å². The fourth-order valence-corrected chi connectivity index (χ4v) is 2.90. The number of nitrogens with zero attached hydrogens (tertiary/aromatic N) is 5. The number of rotatable bonds is 6. The van der Waals surface area contributed by atoms with Crippen LogP contribution in [0.1, 0.15) is 39.4 Å². The van der Waals surface area contributed by atoms with E-state index in [-0.39, 0.29) is 24.0 Å². The molecule has 8 heteroatoms. The van der Waals surface area contributed by atoms with E-state index in [9.17, 15) is 0 Å². The number of piperidine rings is 1. The molecule has 1 aromatic rings. The van der Waals surface area contributed by atoms with Crippen LogP contribution >= 0.6 is 24.0 Å². The number of hydrogen-bond acceptors (Lipinski definition) is 4. The van der Waals surface area contributed by atoms with Crippen LogP contribution in [0.5, 0.6) is 0 Å². The van der Waals surface area contributed by atoms with Crippen LogP contribution in [0.2, 0.25) is 0 Å². The molecule has 1 aliphatic rings. The van der Waals surface area contributed by atoms with E-state index in [2.05, 4.69) is 51.4 Å². The van der Waals surface area contributed by atoms with Crippen LogP contribution in [-0.4, -0.2) is 57.8 Å². The molecule has 0 atom stereocenters. The first-order valence-corrected chi connectivity index (χ1v) is 8.68. The van der Waals surface area contributed by atoms with Crippen LogP contribution in [-0.2, 0) is 13.6 Å². The van der Waals surface area contributed by atoms with Gasteiger partial charge in [-0.1, -0.05) is 13.8 Å². The van der Waals surface area contributed by atoms with E-state index in [1.54, 1.807) is 11.0 Å². The van der Waals surface area contributed by atoms with Gasteiger partial charge in [0, 0.05) is 39.3 Å². The van der Waals surface area contributed by atoms with Crippen LogP contribution in [0.4, 0.5) is 0 Å². The van der Waals surface area contributed by atoms with Gasteiger partial charge in [0.15, 0.2) is 5.96 Å². The average Bonchev–Trinajstić information content (AvgIpc) is 2.92. The molecule has 1 aromatic heterocycles. The first kappa shape index (κ1) is 21.1. The Hall–Kier alpha value is -0.900. The van der Waals surface area contributed by atoms with E-state index < -0.39 is 0 Å². The minimum absolute atomic E-state index is 0. The van der Waals surface area contributed by atoms with Crippen molar-refractivity contribution >= 4 is 29.9 Å². The lowest BCUT2D eigenvalue weighted by atomic mass is 10.0. The predicted molar refractivity (Wildman–Crippen MR) is 109 cm³/mol. The minimum atomic E-state index is 0. The lowest BCUT2D eigenvalue weighted by Gasteiger charge is -2.34. The van der Waals surface area contributed by atoms with E-state index in [4.69, 9.17) is 0 Å². The zero-order chi connectivity index (χ0) is 16.7. The number of aliphatic imine (C=N–C) groups is 1. The van der Waals surface area contributed by atoms with Crippen molar-refractivity contribution < 1.29 is 0 Å². The van der Waals surface area contributed by atoms with Gasteiger partial charge >= 0.3 is 0 Å². The zero-order valence-electron chi connectivity index (χ0n) is 15.3. The third-order valence-corrected chi connectivity index (χ3v) is 4.08. The molecule has 0 aromatic carbocycles. The highest BCUT2D eigenvalue weighted by Crippen LogP contribution is 2.12. The van der Waals surface area contributed by atoms with E-state index in [0.717, 1.165) is 24.2 Å². The second-order valence-corrected chi connectivity index (χ2v) is 6.61. The number of nitrogens with one attached hydrogen (secondary N) is 2. The third-order valence-electron chi connectivity index (χ3n) is 4.08. The molecule has 0 aliphatic carbocycles. The highest BCUT2D eigenvalue weighted by Gasteiger charge is 2.20. The zero-order valence-corrected chi connectivity index (χ0v) is 17.7. The van der Waals surface area contributed by atoms with E-state index in [1.807, 2.05) is 7.05 Å². The molecule has 2 rings (SSSR count). The molecule has 0 saturated carbocycles. The van der Waals surface area contributed by atoms with Crippen molar-refractivity contribution in [1.82, 2.24) is 30.3 Å². The molecule has 138 valence electrons. The number of hydrogen-bond donors (Lipinski definition) is 2. The summed E-state index contributed by atoms with van der Waals surface area (Å²) in [5, 5.41) is 11.0. The quantitative estimate of drug-likeness (QED) is 0.393. The van der Waals surface area contributed by atoms with Crippen LogP contribution in [0.15, 0.2) is 11.3 Å². The van der Waals surface area contributed by atoms with Gasteiger partial charge in [-0.3, -0.25) is 4.68 Å². The Morgan fingerprint density at radius 1 is 1.38 bits per heavy atom. The van der Waals surface area contributed by atoms with Crippen molar-refractivity contribution in [2.75, 3.05) is 26.2 Å². The molecule has 1 aliphatic heterocycles. The normalized spacial score (nSPS) is 17.0. The Labute approximate surface area is 162 Å². The lowest BCUT2D eigenvalue weighted by Crippen LogP contribution is -2.49. The summed E-state index contributed by atoms with van der Waals surface area (Å²) in [7, 11) is 1.89. The number of aromatic nitrogens is 3. The lowest BCUT2D eigenvalue weighted by molar-refractivity contribution is 0.187. The van der Waals surface area contributed by atoms with Crippen molar-refractivity contribution in [3.8, 4) is 0 Å². The molecule has 0 radical (unpaired) electrons. The summed E-state index contributed by atoms with van der Waals surface area (Å²) in [6.07, 6.45) is 3.90. The van der Waals surface area contributed by atoms with Gasteiger partial charge in [0.1, 0.15) is 18.7 Å². The Morgan fingerprint density at radius 3 is 2.62 bits per heavy atom. The van der Waals surface area contributed by atoms with Gasteiger partial charge in [-0.2, -0.15) is 5.10 Å². The number of guanidine groups is 1. The average molecular weight is 449 g/mol. The maximum absolute atomic E-state index is 4.64. The fourth-order valence-electron chi connectivity index (χ4n) is 2.90. The molecule has 2 heterocycles. The van der Waals surface area contributed by atoms with E-state index >= 15 is 0 Å². The number of likely N-dealkylation sites (tertiary alicyclic amines) is 1. The van der Waals surface area contributed by atoms with Crippen molar-refractivity contribution in [1.29, 1.82) is 0 Å². The smallest absolute Gasteiger partial charge is 0.191 e. The summed E-state index contributed by atoms with van der Waals surface area (Å²) in [6, 6.07) is 0.496. The monoisotopic (exact) mass is 449 g/mol. The largest absolute Gasteiger partial charge is 0.357 e. The molecular formula is C16H32IN7. The molecule has 2 N–H and O–H groups in total. The Morgan fingerprint density at radius 2 is 2.08 bits per heavy atom. The summed E-state index contributed by atoms with van der Waals surface area (Å²) in [6.45, 7) is 11.6. The standard InChI is InChI=1S/C16H31N7.HI/c1-5-17-16(18-10-15-19-12-20-22(15)4)21-14-6-8-23(9-7-14)11-13(2)3;/h12-14H,5-11H2,1-4H3,(H2,17,18,21);1H. The molecule has 0 spiro atoms. The van der Waals surface area contributed by atoms with Crippen molar-refractivity contribution in [3.05, 3.63) is 12.2 Å². The minimum Gasteiger partial charge on any atom is -0.357 e. The Kier molecular flexibility index (Phi) is 9.57. The molecule has 0 bridgehead atoms. The molecule has 1 fully saturated rings. The summed E-state index contributed by atoms with van der Waals surface area (Å²) in [5.41, 5.74) is 0. The maximum Gasteiger partial charge on any atom is 0.191 e. The molecule has 0 amide bonds. The molecule has 0 unspecified atom stereocenters. The summed E-state index contributed by atoms with van der Waals surface area (Å²) >= 11 is 0. The van der Waals surface area contributed by atoms with Gasteiger partial charge in [-0.25, -0.2) is 9.98 Å². The van der Waals surface area contributed by atoms with Crippen LogP contribution < -0.4 is 10.6 Å².